The Bertz CT molecular complexity index is 839. The van der Waals surface area contributed by atoms with E-state index in [1.807, 2.05) is 55.5 Å². The van der Waals surface area contributed by atoms with Gasteiger partial charge in [0.05, 0.1) is 6.61 Å². The van der Waals surface area contributed by atoms with Crippen LogP contribution in [0.2, 0.25) is 0 Å². The number of nitrogens with zero attached hydrogens (tertiary/aromatic N) is 2. The summed E-state index contributed by atoms with van der Waals surface area (Å²) in [5.74, 6) is 1.05. The fraction of sp³-hybridized carbons (Fsp3) is 0.111. The number of ether oxygens (including phenoxy) is 1. The zero-order chi connectivity index (χ0) is 15.4. The Morgan fingerprint density at radius 1 is 1.23 bits per heavy atom. The molecule has 1 aromatic heterocycles. The highest BCUT2D eigenvalue weighted by Gasteiger charge is 2.11. The van der Waals surface area contributed by atoms with E-state index < -0.39 is 0 Å². The summed E-state index contributed by atoms with van der Waals surface area (Å²) in [6.07, 6.45) is 1.73. The van der Waals surface area contributed by atoms with E-state index in [1.54, 1.807) is 6.08 Å². The molecule has 1 heterocycles. The molecular formula is C18H14N2O2. The van der Waals surface area contributed by atoms with Crippen LogP contribution in [0.3, 0.4) is 0 Å². The van der Waals surface area contributed by atoms with Gasteiger partial charge in [-0.05, 0) is 31.2 Å². The van der Waals surface area contributed by atoms with E-state index >= 15 is 0 Å². The molecule has 0 aliphatic rings. The third-order valence-electron chi connectivity index (χ3n) is 3.16. The average molecular weight is 290 g/mol. The van der Waals surface area contributed by atoms with Crippen molar-refractivity contribution in [2.75, 3.05) is 6.61 Å². The lowest BCUT2D eigenvalue weighted by Gasteiger charge is -2.06. The molecule has 0 saturated carbocycles. The van der Waals surface area contributed by atoms with Crippen molar-refractivity contribution in [3.05, 3.63) is 60.0 Å². The number of rotatable bonds is 4. The summed E-state index contributed by atoms with van der Waals surface area (Å²) in [5.41, 5.74) is 2.58. The fourth-order valence-electron chi connectivity index (χ4n) is 2.17. The summed E-state index contributed by atoms with van der Waals surface area (Å²) in [5, 5.41) is 9.43. The van der Waals surface area contributed by atoms with Gasteiger partial charge in [0.2, 0.25) is 5.89 Å². The van der Waals surface area contributed by atoms with Gasteiger partial charge in [-0.3, -0.25) is 0 Å². The van der Waals surface area contributed by atoms with Crippen molar-refractivity contribution in [1.29, 1.82) is 5.26 Å². The van der Waals surface area contributed by atoms with Crippen LogP contribution < -0.4 is 4.74 Å². The van der Waals surface area contributed by atoms with Crippen molar-refractivity contribution in [2.24, 2.45) is 0 Å². The number of oxazole rings is 1. The topological polar surface area (TPSA) is 59.0 Å². The third-order valence-corrected chi connectivity index (χ3v) is 3.16. The Morgan fingerprint density at radius 2 is 2.00 bits per heavy atom. The standard InChI is InChI=1S/C18H14N2O2/c1-2-21-16-9-5-3-7-13(16)11-14(12-19)18-20-15-8-4-6-10-17(15)22-18/h3-11H,2H2,1H3. The lowest BCUT2D eigenvalue weighted by Crippen LogP contribution is -1.93. The maximum absolute atomic E-state index is 9.43. The molecule has 0 spiro atoms. The van der Waals surface area contributed by atoms with Crippen molar-refractivity contribution in [1.82, 2.24) is 4.98 Å². The van der Waals surface area contributed by atoms with E-state index in [-0.39, 0.29) is 0 Å². The number of nitriles is 1. The molecule has 3 rings (SSSR count). The fourth-order valence-corrected chi connectivity index (χ4v) is 2.17. The highest BCUT2D eigenvalue weighted by atomic mass is 16.5. The molecule has 2 aromatic carbocycles. The van der Waals surface area contributed by atoms with Gasteiger partial charge in [0.15, 0.2) is 5.58 Å². The van der Waals surface area contributed by atoms with Gasteiger partial charge in [-0.1, -0.05) is 30.3 Å². The third kappa shape index (κ3) is 2.70. The van der Waals surface area contributed by atoms with Gasteiger partial charge in [-0.15, -0.1) is 0 Å². The molecule has 3 aromatic rings. The minimum Gasteiger partial charge on any atom is -0.493 e. The lowest BCUT2D eigenvalue weighted by atomic mass is 10.1. The first kappa shape index (κ1) is 13.9. The predicted octanol–water partition coefficient (Wildman–Crippen LogP) is 4.29. The van der Waals surface area contributed by atoms with Crippen LogP contribution >= 0.6 is 0 Å². The number of allylic oxidation sites excluding steroid dienone is 1. The largest absolute Gasteiger partial charge is 0.493 e. The molecular weight excluding hydrogens is 276 g/mol. The molecule has 108 valence electrons. The van der Waals surface area contributed by atoms with Crippen LogP contribution in [0.15, 0.2) is 52.9 Å². The van der Waals surface area contributed by atoms with Gasteiger partial charge < -0.3 is 9.15 Å². The van der Waals surface area contributed by atoms with Crippen molar-refractivity contribution < 1.29 is 9.15 Å². The van der Waals surface area contributed by atoms with Crippen LogP contribution in [-0.4, -0.2) is 11.6 Å². The van der Waals surface area contributed by atoms with Crippen molar-refractivity contribution in [3.63, 3.8) is 0 Å². The SMILES string of the molecule is CCOc1ccccc1C=C(C#N)c1nc2ccccc2o1. The Labute approximate surface area is 128 Å². The molecule has 0 aliphatic heterocycles. The van der Waals surface area contributed by atoms with Gasteiger partial charge >= 0.3 is 0 Å². The zero-order valence-corrected chi connectivity index (χ0v) is 12.1. The van der Waals surface area contributed by atoms with Crippen LogP contribution in [0.1, 0.15) is 18.4 Å². The van der Waals surface area contributed by atoms with E-state index in [2.05, 4.69) is 11.1 Å². The van der Waals surface area contributed by atoms with E-state index in [4.69, 9.17) is 9.15 Å². The lowest BCUT2D eigenvalue weighted by molar-refractivity contribution is 0.339. The van der Waals surface area contributed by atoms with Crippen molar-refractivity contribution in [2.45, 2.75) is 6.92 Å². The van der Waals surface area contributed by atoms with Crippen molar-refractivity contribution >= 4 is 22.7 Å². The average Bonchev–Trinajstić information content (AvgIpc) is 2.98. The van der Waals surface area contributed by atoms with Gasteiger partial charge in [-0.25, -0.2) is 4.98 Å². The molecule has 0 unspecified atom stereocenters. The molecule has 4 heteroatoms. The number of para-hydroxylation sites is 3. The summed E-state index contributed by atoms with van der Waals surface area (Å²) in [7, 11) is 0. The van der Waals surface area contributed by atoms with Gasteiger partial charge in [0.1, 0.15) is 22.9 Å². The second-order valence-electron chi connectivity index (χ2n) is 4.63. The molecule has 0 atom stereocenters. The summed E-state index contributed by atoms with van der Waals surface area (Å²) < 4.78 is 11.2. The Kier molecular flexibility index (Phi) is 3.88. The Hall–Kier alpha value is -3.06. The molecule has 0 aliphatic carbocycles. The highest BCUT2D eigenvalue weighted by Crippen LogP contribution is 2.26. The summed E-state index contributed by atoms with van der Waals surface area (Å²) in [4.78, 5) is 4.36. The second-order valence-corrected chi connectivity index (χ2v) is 4.63. The quantitative estimate of drug-likeness (QED) is 0.672. The monoisotopic (exact) mass is 290 g/mol. The Balaban J connectivity index is 2.06. The second kappa shape index (κ2) is 6.15. The molecule has 0 radical (unpaired) electrons. The zero-order valence-electron chi connectivity index (χ0n) is 12.1. The van der Waals surface area contributed by atoms with Gasteiger partial charge in [-0.2, -0.15) is 5.26 Å². The first-order valence-electron chi connectivity index (χ1n) is 7.01. The molecule has 22 heavy (non-hydrogen) atoms. The van der Waals surface area contributed by atoms with Gasteiger partial charge in [0, 0.05) is 5.56 Å². The van der Waals surface area contributed by atoms with Crippen LogP contribution in [0.25, 0.3) is 22.7 Å². The number of fused-ring (bicyclic) bond motifs is 1. The Morgan fingerprint density at radius 3 is 2.77 bits per heavy atom. The van der Waals surface area contributed by atoms with E-state index in [0.29, 0.717) is 23.7 Å². The molecule has 4 nitrogen and oxygen atoms in total. The van der Waals surface area contributed by atoms with E-state index in [1.165, 1.54) is 0 Å². The molecule has 0 bridgehead atoms. The van der Waals surface area contributed by atoms with Crippen LogP contribution in [0, 0.1) is 11.3 Å². The maximum atomic E-state index is 9.43. The normalized spacial score (nSPS) is 11.4. The summed E-state index contributed by atoms with van der Waals surface area (Å²) in [6, 6.07) is 17.1. The van der Waals surface area contributed by atoms with Crippen LogP contribution in [0.4, 0.5) is 0 Å². The summed E-state index contributed by atoms with van der Waals surface area (Å²) >= 11 is 0. The first-order chi connectivity index (χ1) is 10.8. The van der Waals surface area contributed by atoms with Crippen LogP contribution in [0.5, 0.6) is 5.75 Å². The van der Waals surface area contributed by atoms with Gasteiger partial charge in [0.25, 0.3) is 0 Å². The molecule has 0 fully saturated rings. The first-order valence-corrected chi connectivity index (χ1v) is 7.01. The number of aromatic nitrogens is 1. The predicted molar refractivity (Wildman–Crippen MR) is 85.1 cm³/mol. The minimum atomic E-state index is 0.315. The number of hydrogen-bond donors (Lipinski definition) is 0. The number of benzene rings is 2. The smallest absolute Gasteiger partial charge is 0.238 e. The van der Waals surface area contributed by atoms with Crippen LogP contribution in [-0.2, 0) is 0 Å². The molecule has 0 N–H and O–H groups in total. The maximum Gasteiger partial charge on any atom is 0.238 e. The molecule has 0 amide bonds. The summed E-state index contributed by atoms with van der Waals surface area (Å²) in [6.45, 7) is 2.49. The molecule has 0 saturated heterocycles. The highest BCUT2D eigenvalue weighted by molar-refractivity contribution is 5.89. The minimum absolute atomic E-state index is 0.315. The van der Waals surface area contributed by atoms with E-state index in [9.17, 15) is 5.26 Å². The van der Waals surface area contributed by atoms with E-state index in [0.717, 1.165) is 16.8 Å². The van der Waals surface area contributed by atoms with Crippen molar-refractivity contribution in [3.8, 4) is 11.8 Å². The number of hydrogen-bond acceptors (Lipinski definition) is 4.